The van der Waals surface area contributed by atoms with Crippen LogP contribution in [0.5, 0.6) is 11.6 Å². The summed E-state index contributed by atoms with van der Waals surface area (Å²) in [6.07, 6.45) is 5.20. The Morgan fingerprint density at radius 3 is 2.53 bits per heavy atom. The number of anilines is 1. The topological polar surface area (TPSA) is 112 Å². The average molecular weight is 433 g/mol. The molecule has 0 saturated heterocycles. The van der Waals surface area contributed by atoms with Crippen molar-refractivity contribution in [1.29, 1.82) is 0 Å². The van der Waals surface area contributed by atoms with Crippen molar-refractivity contribution in [2.45, 2.75) is 46.6 Å². The molecule has 0 unspecified atom stereocenters. The number of aryl methyl sites for hydroxylation is 2. The number of H-pyrrole nitrogens is 1. The number of nitrogen functional groups attached to an aromatic ring is 1. The van der Waals surface area contributed by atoms with Crippen LogP contribution in [0.1, 0.15) is 43.6 Å². The molecule has 1 aromatic carbocycles. The van der Waals surface area contributed by atoms with Gasteiger partial charge in [0.1, 0.15) is 17.1 Å². The number of nitrogens with zero attached hydrogens (tertiary/aromatic N) is 4. The van der Waals surface area contributed by atoms with E-state index in [2.05, 4.69) is 45.9 Å². The Morgan fingerprint density at radius 1 is 1.09 bits per heavy atom. The van der Waals surface area contributed by atoms with Crippen LogP contribution < -0.4 is 16.2 Å². The van der Waals surface area contributed by atoms with Crippen molar-refractivity contribution in [3.05, 3.63) is 70.0 Å². The molecule has 0 fully saturated rings. The smallest absolute Gasteiger partial charge is 0.328 e. The molecule has 0 atom stereocenters. The highest BCUT2D eigenvalue weighted by atomic mass is 16.5. The van der Waals surface area contributed by atoms with Crippen LogP contribution in [0.3, 0.4) is 0 Å². The number of aromatic nitrogens is 5. The van der Waals surface area contributed by atoms with Crippen molar-refractivity contribution in [2.75, 3.05) is 5.73 Å². The Balaban J connectivity index is 1.42. The van der Waals surface area contributed by atoms with Gasteiger partial charge in [0.15, 0.2) is 11.5 Å². The van der Waals surface area contributed by atoms with E-state index < -0.39 is 0 Å². The van der Waals surface area contributed by atoms with Gasteiger partial charge in [0.05, 0.1) is 6.54 Å². The van der Waals surface area contributed by atoms with E-state index in [0.29, 0.717) is 29.4 Å². The first-order valence-electron chi connectivity index (χ1n) is 10.8. The van der Waals surface area contributed by atoms with Crippen molar-refractivity contribution >= 4 is 17.0 Å². The van der Waals surface area contributed by atoms with Crippen LogP contribution in [-0.4, -0.2) is 24.5 Å². The van der Waals surface area contributed by atoms with E-state index in [4.69, 9.17) is 10.5 Å². The minimum Gasteiger partial charge on any atom is -0.439 e. The second-order valence-electron chi connectivity index (χ2n) is 8.41. The zero-order valence-corrected chi connectivity index (χ0v) is 18.6. The van der Waals surface area contributed by atoms with E-state index in [1.807, 2.05) is 18.2 Å². The summed E-state index contributed by atoms with van der Waals surface area (Å²) in [7, 11) is 0. The summed E-state index contributed by atoms with van der Waals surface area (Å²) < 4.78 is 7.39. The number of hydrogen-bond donors (Lipinski definition) is 2. The fourth-order valence-electron chi connectivity index (χ4n) is 3.62. The van der Waals surface area contributed by atoms with Crippen molar-refractivity contribution < 1.29 is 4.74 Å². The maximum Gasteiger partial charge on any atom is 0.328 e. The summed E-state index contributed by atoms with van der Waals surface area (Å²) in [5.41, 5.74) is 8.70. The number of nitrogens with one attached hydrogen (secondary N) is 1. The van der Waals surface area contributed by atoms with Crippen molar-refractivity contribution in [2.24, 2.45) is 5.92 Å². The lowest BCUT2D eigenvalue weighted by molar-refractivity contribution is 0.462. The molecule has 4 aromatic rings. The maximum atomic E-state index is 12.4. The molecule has 0 aliphatic carbocycles. The number of benzene rings is 1. The Hall–Kier alpha value is -3.68. The molecule has 8 heteroatoms. The fraction of sp³-hybridized carbons (Fsp3) is 0.333. The highest BCUT2D eigenvalue weighted by Gasteiger charge is 2.13. The summed E-state index contributed by atoms with van der Waals surface area (Å²) in [5.74, 6) is 2.74. The molecule has 0 aliphatic rings. The number of nitrogens with two attached hydrogens (primary N) is 1. The molecule has 4 rings (SSSR count). The largest absolute Gasteiger partial charge is 0.439 e. The summed E-state index contributed by atoms with van der Waals surface area (Å²) >= 11 is 0. The highest BCUT2D eigenvalue weighted by molar-refractivity contribution is 5.81. The summed E-state index contributed by atoms with van der Waals surface area (Å²) in [4.78, 5) is 27.9. The van der Waals surface area contributed by atoms with Gasteiger partial charge in [-0.3, -0.25) is 4.57 Å². The van der Waals surface area contributed by atoms with Gasteiger partial charge in [0, 0.05) is 12.3 Å². The number of hydrogen-bond acceptors (Lipinski definition) is 6. The van der Waals surface area contributed by atoms with E-state index in [9.17, 15) is 4.79 Å². The summed E-state index contributed by atoms with van der Waals surface area (Å²) in [6, 6.07) is 11.8. The first-order chi connectivity index (χ1) is 15.4. The molecule has 0 aliphatic heterocycles. The van der Waals surface area contributed by atoms with Gasteiger partial charge in [-0.15, -0.1) is 0 Å². The fourth-order valence-corrected chi connectivity index (χ4v) is 3.62. The summed E-state index contributed by atoms with van der Waals surface area (Å²) in [5, 5.41) is 0. The highest BCUT2D eigenvalue weighted by Crippen LogP contribution is 2.21. The molecule has 3 heterocycles. The molecule has 0 amide bonds. The molecular weight excluding hydrogens is 404 g/mol. The third-order valence-corrected chi connectivity index (χ3v) is 5.29. The first kappa shape index (κ1) is 21.5. The van der Waals surface area contributed by atoms with Crippen molar-refractivity contribution in [3.8, 4) is 11.6 Å². The van der Waals surface area contributed by atoms with Gasteiger partial charge in [0.25, 0.3) is 0 Å². The molecular formula is C24H28N6O2. The number of ether oxygens (including phenoxy) is 1. The third kappa shape index (κ3) is 4.96. The standard InChI is InChI=1S/C24H28N6O2/c1-15(2)5-4-6-17-7-10-19(11-8-17)32-20-12-9-18(13-26-20)14-30-23-21(29-24(30)31)22(25)27-16(3)28-23/h7-13,15H,4-6,14H2,1-3H3,(H,29,31)(H2,25,27,28). The second-order valence-corrected chi connectivity index (χ2v) is 8.41. The van der Waals surface area contributed by atoms with Crippen LogP contribution in [0.25, 0.3) is 11.2 Å². The Labute approximate surface area is 186 Å². The van der Waals surface area contributed by atoms with Crippen LogP contribution in [-0.2, 0) is 13.0 Å². The molecule has 8 nitrogen and oxygen atoms in total. The van der Waals surface area contributed by atoms with Gasteiger partial charge < -0.3 is 15.5 Å². The zero-order chi connectivity index (χ0) is 22.7. The molecule has 32 heavy (non-hydrogen) atoms. The Bertz CT molecular complexity index is 1260. The van der Waals surface area contributed by atoms with Gasteiger partial charge in [0.2, 0.25) is 5.88 Å². The van der Waals surface area contributed by atoms with Gasteiger partial charge >= 0.3 is 5.69 Å². The molecule has 3 N–H and O–H groups in total. The van der Waals surface area contributed by atoms with E-state index >= 15 is 0 Å². The predicted octanol–water partition coefficient (Wildman–Crippen LogP) is 4.22. The minimum atomic E-state index is -0.291. The van der Waals surface area contributed by atoms with Crippen LogP contribution in [0.4, 0.5) is 5.82 Å². The minimum absolute atomic E-state index is 0.260. The number of pyridine rings is 1. The lowest BCUT2D eigenvalue weighted by atomic mass is 10.0. The maximum absolute atomic E-state index is 12.4. The first-order valence-corrected chi connectivity index (χ1v) is 10.8. The van der Waals surface area contributed by atoms with Crippen molar-refractivity contribution in [3.63, 3.8) is 0 Å². The van der Waals surface area contributed by atoms with Gasteiger partial charge in [-0.2, -0.15) is 0 Å². The Kier molecular flexibility index (Phi) is 6.20. The molecule has 0 radical (unpaired) electrons. The van der Waals surface area contributed by atoms with Crippen LogP contribution in [0.15, 0.2) is 47.4 Å². The molecule has 0 spiro atoms. The molecule has 0 saturated carbocycles. The molecule has 0 bridgehead atoms. The van der Waals surface area contributed by atoms with E-state index in [1.54, 1.807) is 19.2 Å². The third-order valence-electron chi connectivity index (χ3n) is 5.29. The second kappa shape index (κ2) is 9.21. The summed E-state index contributed by atoms with van der Waals surface area (Å²) in [6.45, 7) is 6.55. The van der Waals surface area contributed by atoms with Crippen LogP contribution in [0, 0.1) is 12.8 Å². The van der Waals surface area contributed by atoms with Gasteiger partial charge in [-0.25, -0.2) is 19.7 Å². The normalized spacial score (nSPS) is 11.4. The number of aromatic amines is 1. The quantitative estimate of drug-likeness (QED) is 0.431. The van der Waals surface area contributed by atoms with Gasteiger partial charge in [-0.05, 0) is 48.9 Å². The Morgan fingerprint density at radius 2 is 1.84 bits per heavy atom. The number of fused-ring (bicyclic) bond motifs is 1. The lowest BCUT2D eigenvalue weighted by Gasteiger charge is -2.08. The van der Waals surface area contributed by atoms with E-state index in [0.717, 1.165) is 23.7 Å². The van der Waals surface area contributed by atoms with Gasteiger partial charge in [-0.1, -0.05) is 38.5 Å². The molecule has 3 aromatic heterocycles. The number of imidazole rings is 1. The average Bonchev–Trinajstić information content (AvgIpc) is 3.06. The number of rotatable bonds is 8. The predicted molar refractivity (Wildman–Crippen MR) is 125 cm³/mol. The SMILES string of the molecule is Cc1nc(N)c2[nH]c(=O)n(Cc3ccc(Oc4ccc(CCCC(C)C)cc4)nc3)c2n1. The van der Waals surface area contributed by atoms with Crippen molar-refractivity contribution in [1.82, 2.24) is 24.5 Å². The lowest BCUT2D eigenvalue weighted by Crippen LogP contribution is -2.18. The van der Waals surface area contributed by atoms with Crippen LogP contribution in [0.2, 0.25) is 0 Å². The molecule has 166 valence electrons. The van der Waals surface area contributed by atoms with E-state index in [-0.39, 0.29) is 11.5 Å². The van der Waals surface area contributed by atoms with Crippen LogP contribution >= 0.6 is 0 Å². The monoisotopic (exact) mass is 432 g/mol. The zero-order valence-electron chi connectivity index (χ0n) is 18.6. The van der Waals surface area contributed by atoms with E-state index in [1.165, 1.54) is 23.0 Å².